The van der Waals surface area contributed by atoms with Gasteiger partial charge >= 0.3 is 6.18 Å². The first-order valence-electron chi connectivity index (χ1n) is 5.59. The summed E-state index contributed by atoms with van der Waals surface area (Å²) in [6.07, 6.45) is -4.36. The van der Waals surface area contributed by atoms with Crippen molar-refractivity contribution in [3.05, 3.63) is 28.2 Å². The van der Waals surface area contributed by atoms with Gasteiger partial charge in [-0.25, -0.2) is 0 Å². The van der Waals surface area contributed by atoms with E-state index in [-0.39, 0.29) is 13.2 Å². The van der Waals surface area contributed by atoms with Crippen molar-refractivity contribution in [3.63, 3.8) is 0 Å². The van der Waals surface area contributed by atoms with Gasteiger partial charge in [0.05, 0.1) is 19.3 Å². The Morgan fingerprint density at radius 1 is 1.40 bits per heavy atom. The first-order chi connectivity index (χ1) is 9.33. The number of hydrogen-bond acceptors (Lipinski definition) is 3. The summed E-state index contributed by atoms with van der Waals surface area (Å²) in [6, 6.07) is 4.83. The minimum atomic E-state index is -4.36. The summed E-state index contributed by atoms with van der Waals surface area (Å²) in [6.45, 7) is -1.57. The van der Waals surface area contributed by atoms with Crippen molar-refractivity contribution in [1.29, 1.82) is 0 Å². The molecule has 20 heavy (non-hydrogen) atoms. The van der Waals surface area contributed by atoms with E-state index in [1.54, 1.807) is 18.2 Å². The van der Waals surface area contributed by atoms with Crippen molar-refractivity contribution in [2.45, 2.75) is 6.18 Å². The lowest BCUT2D eigenvalue weighted by Gasteiger charge is -2.10. The van der Waals surface area contributed by atoms with Crippen LogP contribution in [0.25, 0.3) is 0 Å². The molecular weight excluding hydrogens is 343 g/mol. The summed E-state index contributed by atoms with van der Waals surface area (Å²) < 4.78 is 45.6. The number of nitrogens with one attached hydrogen (secondary N) is 1. The molecular formula is C12H13BrF3NO3. The maximum Gasteiger partial charge on any atom is 0.411 e. The Labute approximate surface area is 122 Å². The molecule has 0 spiro atoms. The van der Waals surface area contributed by atoms with E-state index >= 15 is 0 Å². The summed E-state index contributed by atoms with van der Waals surface area (Å²) in [5, 5.41) is 2.45. The zero-order valence-electron chi connectivity index (χ0n) is 10.6. The zero-order chi connectivity index (χ0) is 15.2. The Kier molecular flexibility index (Phi) is 6.28. The van der Waals surface area contributed by atoms with Gasteiger partial charge in [-0.1, -0.05) is 15.9 Å². The molecule has 0 saturated carbocycles. The Morgan fingerprint density at radius 3 is 2.70 bits per heavy atom. The highest BCUT2D eigenvalue weighted by Gasteiger charge is 2.27. The number of carbonyl (C=O) groups excluding carboxylic acids is 1. The van der Waals surface area contributed by atoms with E-state index in [9.17, 15) is 18.0 Å². The van der Waals surface area contributed by atoms with E-state index in [1.165, 1.54) is 7.11 Å². The molecule has 0 aliphatic heterocycles. The normalized spacial score (nSPS) is 11.2. The summed E-state index contributed by atoms with van der Waals surface area (Å²) in [7, 11) is 1.42. The van der Waals surface area contributed by atoms with Crippen LogP contribution >= 0.6 is 15.9 Å². The third kappa shape index (κ3) is 5.79. The number of carbonyl (C=O) groups is 1. The quantitative estimate of drug-likeness (QED) is 0.798. The lowest BCUT2D eigenvalue weighted by molar-refractivity contribution is -0.173. The molecule has 0 saturated heterocycles. The van der Waals surface area contributed by atoms with Gasteiger partial charge in [0.2, 0.25) is 0 Å². The molecule has 0 heterocycles. The fourth-order valence-corrected chi connectivity index (χ4v) is 1.71. The fourth-order valence-electron chi connectivity index (χ4n) is 1.37. The second-order valence-electron chi connectivity index (χ2n) is 3.77. The zero-order valence-corrected chi connectivity index (χ0v) is 12.2. The van der Waals surface area contributed by atoms with Gasteiger partial charge in [-0.15, -0.1) is 0 Å². The number of ether oxygens (including phenoxy) is 2. The van der Waals surface area contributed by atoms with Crippen LogP contribution in [0.4, 0.5) is 13.2 Å². The van der Waals surface area contributed by atoms with E-state index in [2.05, 4.69) is 26.0 Å². The summed E-state index contributed by atoms with van der Waals surface area (Å²) in [4.78, 5) is 11.8. The lowest BCUT2D eigenvalue weighted by Crippen LogP contribution is -2.29. The molecule has 0 aromatic heterocycles. The average molecular weight is 356 g/mol. The molecule has 112 valence electrons. The van der Waals surface area contributed by atoms with Crippen LogP contribution in [-0.4, -0.2) is 39.0 Å². The molecule has 0 atom stereocenters. The SMILES string of the molecule is COc1cc(Br)ccc1C(=O)NCCOCC(F)(F)F. The molecule has 0 aliphatic rings. The molecule has 0 aliphatic carbocycles. The van der Waals surface area contributed by atoms with Gasteiger partial charge in [0.25, 0.3) is 5.91 Å². The molecule has 0 bridgehead atoms. The second kappa shape index (κ2) is 7.49. The minimum Gasteiger partial charge on any atom is -0.496 e. The van der Waals surface area contributed by atoms with E-state index in [1.807, 2.05) is 0 Å². The third-order valence-electron chi connectivity index (χ3n) is 2.21. The van der Waals surface area contributed by atoms with Crippen LogP contribution < -0.4 is 10.1 Å². The number of methoxy groups -OCH3 is 1. The predicted molar refractivity (Wildman–Crippen MR) is 69.9 cm³/mol. The van der Waals surface area contributed by atoms with Gasteiger partial charge in [-0.05, 0) is 18.2 Å². The summed E-state index contributed by atoms with van der Waals surface area (Å²) >= 11 is 3.24. The first-order valence-corrected chi connectivity index (χ1v) is 6.39. The smallest absolute Gasteiger partial charge is 0.411 e. The van der Waals surface area contributed by atoms with Crippen molar-refractivity contribution in [2.75, 3.05) is 26.9 Å². The highest BCUT2D eigenvalue weighted by molar-refractivity contribution is 9.10. The molecule has 0 unspecified atom stereocenters. The highest BCUT2D eigenvalue weighted by atomic mass is 79.9. The average Bonchev–Trinajstić information content (AvgIpc) is 2.36. The van der Waals surface area contributed by atoms with Crippen LogP contribution in [0.3, 0.4) is 0 Å². The van der Waals surface area contributed by atoms with Crippen LogP contribution in [-0.2, 0) is 4.74 Å². The van der Waals surface area contributed by atoms with Crippen LogP contribution in [0.15, 0.2) is 22.7 Å². The Bertz CT molecular complexity index is 466. The van der Waals surface area contributed by atoms with Gasteiger partial charge in [-0.3, -0.25) is 4.79 Å². The molecule has 4 nitrogen and oxygen atoms in total. The fraction of sp³-hybridized carbons (Fsp3) is 0.417. The van der Waals surface area contributed by atoms with Gasteiger partial charge in [0.15, 0.2) is 0 Å². The van der Waals surface area contributed by atoms with Gasteiger partial charge in [0, 0.05) is 11.0 Å². The van der Waals surface area contributed by atoms with Crippen molar-refractivity contribution in [3.8, 4) is 5.75 Å². The third-order valence-corrected chi connectivity index (χ3v) is 2.70. The first kappa shape index (κ1) is 16.8. The van der Waals surface area contributed by atoms with E-state index < -0.39 is 18.7 Å². The Morgan fingerprint density at radius 2 is 2.10 bits per heavy atom. The second-order valence-corrected chi connectivity index (χ2v) is 4.68. The molecule has 0 fully saturated rings. The van der Waals surface area contributed by atoms with Gasteiger partial charge < -0.3 is 14.8 Å². The maximum atomic E-state index is 11.8. The standard InChI is InChI=1S/C12H13BrF3NO3/c1-19-10-6-8(13)2-3-9(10)11(18)17-4-5-20-7-12(14,15)16/h2-3,6H,4-5,7H2,1H3,(H,17,18). The van der Waals surface area contributed by atoms with Crippen molar-refractivity contribution >= 4 is 21.8 Å². The minimum absolute atomic E-state index is 0.0197. The number of rotatable bonds is 6. The van der Waals surface area contributed by atoms with Crippen LogP contribution in [0.5, 0.6) is 5.75 Å². The van der Waals surface area contributed by atoms with E-state index in [4.69, 9.17) is 4.74 Å². The van der Waals surface area contributed by atoms with Crippen LogP contribution in [0.2, 0.25) is 0 Å². The predicted octanol–water partition coefficient (Wildman–Crippen LogP) is 2.77. The molecule has 1 aromatic carbocycles. The number of hydrogen-bond donors (Lipinski definition) is 1. The number of halogens is 4. The van der Waals surface area contributed by atoms with Crippen molar-refractivity contribution in [2.24, 2.45) is 0 Å². The number of alkyl halides is 3. The van der Waals surface area contributed by atoms with Crippen LogP contribution in [0, 0.1) is 0 Å². The monoisotopic (exact) mass is 355 g/mol. The van der Waals surface area contributed by atoms with Crippen molar-refractivity contribution < 1.29 is 27.4 Å². The molecule has 8 heteroatoms. The molecule has 1 aromatic rings. The maximum absolute atomic E-state index is 11.8. The highest BCUT2D eigenvalue weighted by Crippen LogP contribution is 2.23. The Hall–Kier alpha value is -1.28. The topological polar surface area (TPSA) is 47.6 Å². The van der Waals surface area contributed by atoms with E-state index in [0.29, 0.717) is 11.3 Å². The molecule has 1 amide bonds. The van der Waals surface area contributed by atoms with Gasteiger partial charge in [-0.2, -0.15) is 13.2 Å². The summed E-state index contributed by atoms with van der Waals surface area (Å²) in [5.41, 5.74) is 0.298. The number of benzene rings is 1. The van der Waals surface area contributed by atoms with E-state index in [0.717, 1.165) is 4.47 Å². The van der Waals surface area contributed by atoms with Crippen molar-refractivity contribution in [1.82, 2.24) is 5.32 Å². The largest absolute Gasteiger partial charge is 0.496 e. The van der Waals surface area contributed by atoms with Gasteiger partial charge in [0.1, 0.15) is 12.4 Å². The van der Waals surface area contributed by atoms with Crippen LogP contribution in [0.1, 0.15) is 10.4 Å². The number of amides is 1. The lowest BCUT2D eigenvalue weighted by atomic mass is 10.2. The molecule has 0 radical (unpaired) electrons. The molecule has 1 rings (SSSR count). The molecule has 1 N–H and O–H groups in total. The Balaban J connectivity index is 2.44. The summed E-state index contributed by atoms with van der Waals surface area (Å²) in [5.74, 6) is -0.0713.